The second-order valence-electron chi connectivity index (χ2n) is 5.89. The maximum Gasteiger partial charge on any atom is 0.263 e. The Kier molecular flexibility index (Phi) is 4.30. The Morgan fingerprint density at radius 1 is 1.23 bits per heavy atom. The van der Waals surface area contributed by atoms with Gasteiger partial charge in [-0.15, -0.1) is 16.8 Å². The van der Waals surface area contributed by atoms with Gasteiger partial charge in [0.15, 0.2) is 5.16 Å². The van der Waals surface area contributed by atoms with Crippen LogP contribution in [0.25, 0.3) is 16.7 Å². The third-order valence-electron chi connectivity index (χ3n) is 4.23. The molecule has 1 atom stereocenters. The zero-order valence-corrected chi connectivity index (χ0v) is 15.1. The molecule has 0 aliphatic heterocycles. The van der Waals surface area contributed by atoms with Crippen LogP contribution in [0.3, 0.4) is 0 Å². The molecule has 0 aliphatic carbocycles. The van der Waals surface area contributed by atoms with Crippen LogP contribution in [0.1, 0.15) is 17.7 Å². The van der Waals surface area contributed by atoms with Crippen molar-refractivity contribution in [3.05, 3.63) is 77.4 Å². The second-order valence-corrected chi connectivity index (χ2v) is 7.19. The maximum atomic E-state index is 12.8. The predicted octanol–water partition coefficient (Wildman–Crippen LogP) is 3.48. The molecule has 0 spiro atoms. The van der Waals surface area contributed by atoms with Crippen molar-refractivity contribution >= 4 is 28.4 Å². The first kappa shape index (κ1) is 16.5. The van der Waals surface area contributed by atoms with E-state index in [1.807, 2.05) is 47.0 Å². The lowest BCUT2D eigenvalue weighted by molar-refractivity contribution is 0.783. The van der Waals surface area contributed by atoms with Gasteiger partial charge in [0.05, 0.1) is 10.9 Å². The Hall–Kier alpha value is -2.93. The van der Waals surface area contributed by atoms with Crippen molar-refractivity contribution in [3.63, 3.8) is 0 Å². The predicted molar refractivity (Wildman–Crippen MR) is 103 cm³/mol. The van der Waals surface area contributed by atoms with Gasteiger partial charge in [0.2, 0.25) is 5.78 Å². The Morgan fingerprint density at radius 3 is 2.85 bits per heavy atom. The van der Waals surface area contributed by atoms with E-state index in [4.69, 9.17) is 0 Å². The topological polar surface area (TPSA) is 65.1 Å². The third-order valence-corrected chi connectivity index (χ3v) is 5.33. The van der Waals surface area contributed by atoms with E-state index in [-0.39, 0.29) is 10.8 Å². The van der Waals surface area contributed by atoms with Crippen LogP contribution in [-0.4, -0.2) is 24.1 Å². The van der Waals surface area contributed by atoms with E-state index in [0.29, 0.717) is 17.7 Å². The number of nitrogens with zero attached hydrogens (tertiary/aromatic N) is 5. The zero-order valence-electron chi connectivity index (χ0n) is 14.2. The lowest BCUT2D eigenvalue weighted by Crippen LogP contribution is -2.22. The van der Waals surface area contributed by atoms with Crippen molar-refractivity contribution < 1.29 is 0 Å². The lowest BCUT2D eigenvalue weighted by atomic mass is 10.2. The molecule has 0 amide bonds. The number of benzene rings is 1. The summed E-state index contributed by atoms with van der Waals surface area (Å²) in [5.41, 5.74) is 1.83. The van der Waals surface area contributed by atoms with Crippen LogP contribution in [0, 0.1) is 0 Å². The monoisotopic (exact) mass is 363 g/mol. The molecule has 0 fully saturated rings. The van der Waals surface area contributed by atoms with Gasteiger partial charge < -0.3 is 0 Å². The van der Waals surface area contributed by atoms with Gasteiger partial charge in [0.25, 0.3) is 5.56 Å². The van der Waals surface area contributed by atoms with E-state index in [9.17, 15) is 4.79 Å². The van der Waals surface area contributed by atoms with Crippen molar-refractivity contribution in [2.45, 2.75) is 23.9 Å². The molecule has 3 aromatic heterocycles. The molecule has 3 heterocycles. The van der Waals surface area contributed by atoms with Crippen LogP contribution in [0.15, 0.2) is 71.4 Å². The van der Waals surface area contributed by atoms with Crippen LogP contribution in [0.2, 0.25) is 0 Å². The lowest BCUT2D eigenvalue weighted by Gasteiger charge is -2.12. The summed E-state index contributed by atoms with van der Waals surface area (Å²) in [7, 11) is 0. The van der Waals surface area contributed by atoms with Crippen molar-refractivity contribution in [1.29, 1.82) is 0 Å². The van der Waals surface area contributed by atoms with Crippen LogP contribution in [-0.2, 0) is 6.54 Å². The fraction of sp³-hybridized carbons (Fsp3) is 0.158. The first-order chi connectivity index (χ1) is 12.7. The average molecular weight is 363 g/mol. The van der Waals surface area contributed by atoms with Gasteiger partial charge in [-0.25, -0.2) is 0 Å². The summed E-state index contributed by atoms with van der Waals surface area (Å²) in [5, 5.41) is 10.2. The highest BCUT2D eigenvalue weighted by Crippen LogP contribution is 2.34. The highest BCUT2D eigenvalue weighted by atomic mass is 32.2. The smallest absolute Gasteiger partial charge is 0.263 e. The summed E-state index contributed by atoms with van der Waals surface area (Å²) in [6.07, 6.45) is 5.30. The number of fused-ring (bicyclic) bond motifs is 3. The average Bonchev–Trinajstić information content (AvgIpc) is 3.09. The fourth-order valence-corrected chi connectivity index (χ4v) is 3.91. The SMILES string of the molecule is C=CCn1c(=O)c2ccccc2n2c(SC(C)c3cccnc3)nnc12. The maximum absolute atomic E-state index is 12.8. The van der Waals surface area contributed by atoms with Crippen molar-refractivity contribution in [3.8, 4) is 0 Å². The quantitative estimate of drug-likeness (QED) is 0.401. The molecule has 7 heteroatoms. The summed E-state index contributed by atoms with van der Waals surface area (Å²) in [6, 6.07) is 11.5. The van der Waals surface area contributed by atoms with E-state index in [0.717, 1.165) is 16.2 Å². The van der Waals surface area contributed by atoms with Crippen LogP contribution in [0.5, 0.6) is 0 Å². The summed E-state index contributed by atoms with van der Waals surface area (Å²) < 4.78 is 3.54. The number of rotatable bonds is 5. The van der Waals surface area contributed by atoms with Gasteiger partial charge in [-0.2, -0.15) is 0 Å². The minimum atomic E-state index is -0.0859. The number of thioether (sulfide) groups is 1. The minimum absolute atomic E-state index is 0.0859. The summed E-state index contributed by atoms with van der Waals surface area (Å²) in [4.78, 5) is 17.0. The van der Waals surface area contributed by atoms with Crippen LogP contribution < -0.4 is 5.56 Å². The first-order valence-electron chi connectivity index (χ1n) is 8.25. The van der Waals surface area contributed by atoms with Gasteiger partial charge in [-0.3, -0.25) is 18.7 Å². The Bertz CT molecular complexity index is 1150. The highest BCUT2D eigenvalue weighted by molar-refractivity contribution is 7.99. The molecule has 1 unspecified atom stereocenters. The standard InChI is InChI=1S/C19H17N5OS/c1-3-11-23-17(25)15-8-4-5-9-16(15)24-18(23)21-22-19(24)26-13(2)14-7-6-10-20-12-14/h3-10,12-13H,1,11H2,2H3. The molecule has 26 heavy (non-hydrogen) atoms. The number of pyridine rings is 1. The molecule has 0 aliphatic rings. The zero-order chi connectivity index (χ0) is 18.1. The van der Waals surface area contributed by atoms with Crippen molar-refractivity contribution in [1.82, 2.24) is 24.1 Å². The third kappa shape index (κ3) is 2.70. The molecule has 4 aromatic rings. The Morgan fingerprint density at radius 2 is 2.08 bits per heavy atom. The molecule has 0 saturated carbocycles. The molecular weight excluding hydrogens is 346 g/mol. The van der Waals surface area contributed by atoms with E-state index in [1.54, 1.807) is 28.6 Å². The number of aromatic nitrogens is 5. The van der Waals surface area contributed by atoms with E-state index in [1.165, 1.54) is 0 Å². The van der Waals surface area contributed by atoms with Gasteiger partial charge in [-0.1, -0.05) is 36.0 Å². The van der Waals surface area contributed by atoms with E-state index < -0.39 is 0 Å². The summed E-state index contributed by atoms with van der Waals surface area (Å²) in [6.45, 7) is 6.23. The number of para-hydroxylation sites is 1. The molecule has 130 valence electrons. The number of allylic oxidation sites excluding steroid dienone is 1. The van der Waals surface area contributed by atoms with E-state index in [2.05, 4.69) is 28.7 Å². The van der Waals surface area contributed by atoms with Gasteiger partial charge in [0.1, 0.15) is 0 Å². The molecule has 0 saturated heterocycles. The number of hydrogen-bond donors (Lipinski definition) is 0. The number of hydrogen-bond acceptors (Lipinski definition) is 5. The molecule has 1 aromatic carbocycles. The molecular formula is C19H17N5OS. The first-order valence-corrected chi connectivity index (χ1v) is 9.13. The molecule has 0 N–H and O–H groups in total. The Labute approximate surface area is 154 Å². The van der Waals surface area contributed by atoms with Crippen LogP contribution in [0.4, 0.5) is 0 Å². The molecule has 0 radical (unpaired) electrons. The summed E-state index contributed by atoms with van der Waals surface area (Å²) in [5.74, 6) is 0.523. The van der Waals surface area contributed by atoms with Crippen molar-refractivity contribution in [2.75, 3.05) is 0 Å². The second kappa shape index (κ2) is 6.76. The molecule has 0 bridgehead atoms. The fourth-order valence-electron chi connectivity index (χ4n) is 2.95. The van der Waals surface area contributed by atoms with Gasteiger partial charge in [0, 0.05) is 24.2 Å². The normalized spacial score (nSPS) is 12.5. The Balaban J connectivity index is 1.92. The molecule has 6 nitrogen and oxygen atoms in total. The highest BCUT2D eigenvalue weighted by Gasteiger charge is 2.18. The van der Waals surface area contributed by atoms with E-state index >= 15 is 0 Å². The van der Waals surface area contributed by atoms with Crippen LogP contribution >= 0.6 is 11.8 Å². The van der Waals surface area contributed by atoms with Crippen molar-refractivity contribution in [2.24, 2.45) is 0 Å². The molecule has 4 rings (SSSR count). The van der Waals surface area contributed by atoms with Gasteiger partial charge >= 0.3 is 0 Å². The van der Waals surface area contributed by atoms with Gasteiger partial charge in [-0.05, 0) is 30.7 Å². The summed E-state index contributed by atoms with van der Waals surface area (Å²) >= 11 is 1.59. The largest absolute Gasteiger partial charge is 0.272 e. The minimum Gasteiger partial charge on any atom is -0.272 e.